The minimum Gasteiger partial charge on any atom is -0.506 e. The van der Waals surface area contributed by atoms with Crippen LogP contribution < -0.4 is 11.1 Å². The lowest BCUT2D eigenvalue weighted by Crippen LogP contribution is -2.40. The van der Waals surface area contributed by atoms with Crippen molar-refractivity contribution in [2.75, 3.05) is 12.3 Å². The van der Waals surface area contributed by atoms with Crippen molar-refractivity contribution in [3.63, 3.8) is 0 Å². The molecule has 0 aliphatic heterocycles. The van der Waals surface area contributed by atoms with E-state index in [1.54, 1.807) is 0 Å². The summed E-state index contributed by atoms with van der Waals surface area (Å²) < 4.78 is 35.9. The van der Waals surface area contributed by atoms with Gasteiger partial charge in [0.1, 0.15) is 5.75 Å². The van der Waals surface area contributed by atoms with Crippen LogP contribution in [0.3, 0.4) is 0 Å². The Labute approximate surface area is 100 Å². The number of alkyl halides is 3. The number of carbonyl (C=O) groups excluding carboxylic acids is 1. The quantitative estimate of drug-likeness (QED) is 0.475. The summed E-state index contributed by atoms with van der Waals surface area (Å²) in [6.07, 6.45) is -7.43. The molecule has 0 heterocycles. The normalized spacial score (nSPS) is 13.1. The van der Waals surface area contributed by atoms with Crippen molar-refractivity contribution in [1.82, 2.24) is 5.32 Å². The second kappa shape index (κ2) is 5.13. The lowest BCUT2D eigenvalue weighted by atomic mass is 10.1. The van der Waals surface area contributed by atoms with E-state index in [0.717, 1.165) is 6.07 Å². The van der Waals surface area contributed by atoms with Crippen molar-refractivity contribution >= 4 is 11.6 Å². The van der Waals surface area contributed by atoms with Crippen LogP contribution in [-0.2, 0) is 0 Å². The zero-order chi connectivity index (χ0) is 13.9. The Hall–Kier alpha value is -1.96. The summed E-state index contributed by atoms with van der Waals surface area (Å²) in [5.41, 5.74) is 5.28. The van der Waals surface area contributed by atoms with Gasteiger partial charge in [0.2, 0.25) is 0 Å². The van der Waals surface area contributed by atoms with E-state index < -0.39 is 24.7 Å². The smallest absolute Gasteiger partial charge is 0.416 e. The molecule has 1 unspecified atom stereocenters. The summed E-state index contributed by atoms with van der Waals surface area (Å²) in [5.74, 6) is -1.20. The van der Waals surface area contributed by atoms with Crippen molar-refractivity contribution in [2.45, 2.75) is 12.3 Å². The van der Waals surface area contributed by atoms with Crippen molar-refractivity contribution in [3.8, 4) is 5.75 Å². The molecule has 5 nitrogen and oxygen atoms in total. The van der Waals surface area contributed by atoms with Gasteiger partial charge in [-0.05, 0) is 18.2 Å². The van der Waals surface area contributed by atoms with E-state index in [1.807, 2.05) is 5.32 Å². The average molecular weight is 264 g/mol. The maximum absolute atomic E-state index is 12.0. The number of nitrogens with one attached hydrogen (secondary N) is 1. The van der Waals surface area contributed by atoms with Gasteiger partial charge in [0, 0.05) is 5.56 Å². The van der Waals surface area contributed by atoms with Crippen LogP contribution in [0.15, 0.2) is 18.2 Å². The van der Waals surface area contributed by atoms with Gasteiger partial charge in [0.15, 0.2) is 6.10 Å². The van der Waals surface area contributed by atoms with Crippen LogP contribution in [0.1, 0.15) is 10.4 Å². The molecule has 0 aliphatic carbocycles. The third-order valence-electron chi connectivity index (χ3n) is 2.13. The van der Waals surface area contributed by atoms with Crippen LogP contribution in [0.2, 0.25) is 0 Å². The van der Waals surface area contributed by atoms with Crippen molar-refractivity contribution < 1.29 is 28.2 Å². The zero-order valence-electron chi connectivity index (χ0n) is 9.03. The highest BCUT2D eigenvalue weighted by atomic mass is 19.4. The molecule has 5 N–H and O–H groups in total. The van der Waals surface area contributed by atoms with Gasteiger partial charge in [-0.3, -0.25) is 4.79 Å². The number of aliphatic hydroxyl groups excluding tert-OH is 1. The molecule has 0 spiro atoms. The van der Waals surface area contributed by atoms with E-state index in [0.29, 0.717) is 0 Å². The van der Waals surface area contributed by atoms with Gasteiger partial charge < -0.3 is 21.3 Å². The first kappa shape index (κ1) is 14.1. The molecule has 8 heteroatoms. The fraction of sp³-hybridized carbons (Fsp3) is 0.300. The molecule has 0 saturated carbocycles. The molecule has 1 rings (SSSR count). The van der Waals surface area contributed by atoms with E-state index in [9.17, 15) is 23.1 Å². The van der Waals surface area contributed by atoms with Gasteiger partial charge in [-0.25, -0.2) is 0 Å². The Bertz CT molecular complexity index is 448. The summed E-state index contributed by atoms with van der Waals surface area (Å²) in [4.78, 5) is 11.4. The van der Waals surface area contributed by atoms with E-state index in [-0.39, 0.29) is 17.0 Å². The number of phenolic OH excluding ortho intramolecular Hbond substituents is 1. The highest BCUT2D eigenvalue weighted by molar-refractivity contribution is 5.95. The lowest BCUT2D eigenvalue weighted by molar-refractivity contribution is -0.201. The molecule has 0 radical (unpaired) electrons. The molecule has 0 aromatic heterocycles. The number of phenols is 1. The Balaban J connectivity index is 2.63. The molecule has 18 heavy (non-hydrogen) atoms. The summed E-state index contributed by atoms with van der Waals surface area (Å²) in [5, 5.41) is 19.8. The Morgan fingerprint density at radius 1 is 1.44 bits per heavy atom. The number of amides is 1. The average Bonchev–Trinajstić information content (AvgIpc) is 2.27. The maximum atomic E-state index is 12.0. The first-order valence-electron chi connectivity index (χ1n) is 4.83. The summed E-state index contributed by atoms with van der Waals surface area (Å²) in [6.45, 7) is -0.965. The number of aliphatic hydroxyl groups is 1. The van der Waals surface area contributed by atoms with E-state index in [2.05, 4.69) is 0 Å². The first-order valence-corrected chi connectivity index (χ1v) is 4.83. The number of nitrogens with two attached hydrogens (primary N) is 1. The molecule has 1 amide bonds. The van der Waals surface area contributed by atoms with Crippen molar-refractivity contribution in [2.24, 2.45) is 0 Å². The minimum atomic E-state index is -4.80. The van der Waals surface area contributed by atoms with Gasteiger partial charge in [-0.2, -0.15) is 13.2 Å². The number of halogens is 3. The highest BCUT2D eigenvalue weighted by Crippen LogP contribution is 2.21. The van der Waals surface area contributed by atoms with Gasteiger partial charge in [0.05, 0.1) is 12.2 Å². The minimum absolute atomic E-state index is 0.0434. The highest BCUT2D eigenvalue weighted by Gasteiger charge is 2.38. The molecule has 1 aromatic rings. The van der Waals surface area contributed by atoms with Crippen LogP contribution in [0.5, 0.6) is 5.75 Å². The molecule has 0 fully saturated rings. The second-order valence-corrected chi connectivity index (χ2v) is 3.54. The van der Waals surface area contributed by atoms with Crippen LogP contribution in [-0.4, -0.2) is 34.9 Å². The maximum Gasteiger partial charge on any atom is 0.416 e. The fourth-order valence-corrected chi connectivity index (χ4v) is 1.09. The molecule has 0 saturated heterocycles. The SMILES string of the molecule is Nc1ccc(C(=O)NCC(O)C(F)(F)F)cc1O. The Morgan fingerprint density at radius 3 is 2.56 bits per heavy atom. The fourth-order valence-electron chi connectivity index (χ4n) is 1.09. The molecule has 1 atom stereocenters. The van der Waals surface area contributed by atoms with Crippen LogP contribution in [0.25, 0.3) is 0 Å². The van der Waals surface area contributed by atoms with Gasteiger partial charge in [-0.15, -0.1) is 0 Å². The van der Waals surface area contributed by atoms with Gasteiger partial charge in [-0.1, -0.05) is 0 Å². The van der Waals surface area contributed by atoms with Gasteiger partial charge in [0.25, 0.3) is 5.91 Å². The number of benzene rings is 1. The number of anilines is 1. The predicted octanol–water partition coefficient (Wildman–Crippen LogP) is 0.627. The predicted molar refractivity (Wildman–Crippen MR) is 56.9 cm³/mol. The number of hydrogen-bond donors (Lipinski definition) is 4. The molecule has 1 aromatic carbocycles. The van der Waals surface area contributed by atoms with Gasteiger partial charge >= 0.3 is 6.18 Å². The van der Waals surface area contributed by atoms with E-state index in [1.165, 1.54) is 12.1 Å². The third kappa shape index (κ3) is 3.52. The van der Waals surface area contributed by atoms with E-state index >= 15 is 0 Å². The molecule has 0 aliphatic rings. The lowest BCUT2D eigenvalue weighted by Gasteiger charge is -2.15. The molecule has 0 bridgehead atoms. The van der Waals surface area contributed by atoms with Crippen molar-refractivity contribution in [1.29, 1.82) is 0 Å². The topological polar surface area (TPSA) is 95.6 Å². The summed E-state index contributed by atoms with van der Waals surface area (Å²) in [6, 6.07) is 3.50. The number of carbonyl (C=O) groups is 1. The Morgan fingerprint density at radius 2 is 2.06 bits per heavy atom. The summed E-state index contributed by atoms with van der Waals surface area (Å²) in [7, 11) is 0. The number of aromatic hydroxyl groups is 1. The first-order chi connectivity index (χ1) is 8.21. The second-order valence-electron chi connectivity index (χ2n) is 3.54. The van der Waals surface area contributed by atoms with Crippen LogP contribution >= 0.6 is 0 Å². The van der Waals surface area contributed by atoms with Crippen molar-refractivity contribution in [3.05, 3.63) is 23.8 Å². The third-order valence-corrected chi connectivity index (χ3v) is 2.13. The van der Waals surface area contributed by atoms with Crippen LogP contribution in [0.4, 0.5) is 18.9 Å². The van der Waals surface area contributed by atoms with Crippen LogP contribution in [0, 0.1) is 0 Å². The number of nitrogen functional groups attached to an aromatic ring is 1. The zero-order valence-corrected chi connectivity index (χ0v) is 9.03. The number of rotatable bonds is 3. The monoisotopic (exact) mass is 264 g/mol. The molecular formula is C10H11F3N2O3. The van der Waals surface area contributed by atoms with E-state index in [4.69, 9.17) is 10.8 Å². The largest absolute Gasteiger partial charge is 0.506 e. The Kier molecular flexibility index (Phi) is 4.02. The molecule has 100 valence electrons. The standard InChI is InChI=1S/C10H11F3N2O3/c11-10(12,13)8(17)4-15-9(18)5-1-2-6(14)7(16)3-5/h1-3,8,16-17H,4,14H2,(H,15,18). The summed E-state index contributed by atoms with van der Waals surface area (Å²) >= 11 is 0. The molecular weight excluding hydrogens is 253 g/mol. The number of hydrogen-bond acceptors (Lipinski definition) is 4.